The molecule has 1 aliphatic heterocycles. The van der Waals surface area contributed by atoms with Gasteiger partial charge in [0.25, 0.3) is 0 Å². The second-order valence-corrected chi connectivity index (χ2v) is 7.26. The van der Waals surface area contributed by atoms with Gasteiger partial charge < -0.3 is 14.8 Å². The number of hydrogen-bond acceptors (Lipinski definition) is 5. The molecule has 0 saturated carbocycles. The van der Waals surface area contributed by atoms with Crippen LogP contribution in [0.3, 0.4) is 0 Å². The Balaban J connectivity index is 2.12. The zero-order valence-electron chi connectivity index (χ0n) is 12.1. The predicted octanol–water partition coefficient (Wildman–Crippen LogP) is 0.897. The van der Waals surface area contributed by atoms with Gasteiger partial charge in [-0.05, 0) is 19.9 Å². The van der Waals surface area contributed by atoms with Crippen LogP contribution < -0.4 is 14.8 Å². The molecule has 116 valence electrons. The number of nitrogens with one attached hydrogen (secondary N) is 1. The molecular formula is C14H19NO5S. The summed E-state index contributed by atoms with van der Waals surface area (Å²) in [5.41, 5.74) is 0.518. The van der Waals surface area contributed by atoms with E-state index in [1.54, 1.807) is 32.0 Å². The highest BCUT2D eigenvalue weighted by Gasteiger charge is 2.23. The van der Waals surface area contributed by atoms with Gasteiger partial charge in [0.1, 0.15) is 19.0 Å². The van der Waals surface area contributed by atoms with Gasteiger partial charge in [0.15, 0.2) is 21.3 Å². The number of amides is 1. The minimum atomic E-state index is -3.56. The minimum absolute atomic E-state index is 0.0890. The van der Waals surface area contributed by atoms with Crippen LogP contribution in [0, 0.1) is 0 Å². The van der Waals surface area contributed by atoms with E-state index in [1.807, 2.05) is 0 Å². The summed E-state index contributed by atoms with van der Waals surface area (Å²) in [4.78, 5) is 11.6. The molecule has 2 rings (SSSR count). The normalized spacial score (nSPS) is 14.0. The second kappa shape index (κ2) is 6.34. The molecule has 1 N–H and O–H groups in total. The van der Waals surface area contributed by atoms with Crippen molar-refractivity contribution in [1.82, 2.24) is 5.32 Å². The van der Waals surface area contributed by atoms with Crippen molar-refractivity contribution in [2.24, 2.45) is 0 Å². The maximum atomic E-state index is 12.1. The van der Waals surface area contributed by atoms with E-state index in [4.69, 9.17) is 9.47 Å². The summed E-state index contributed by atoms with van der Waals surface area (Å²) in [6.07, 6.45) is 0. The number of rotatable bonds is 5. The first-order valence-corrected chi connectivity index (χ1v) is 8.57. The van der Waals surface area contributed by atoms with Gasteiger partial charge in [-0.25, -0.2) is 8.42 Å². The maximum absolute atomic E-state index is 12.1. The molecule has 0 atom stereocenters. The Morgan fingerprint density at radius 1 is 1.29 bits per heavy atom. The summed E-state index contributed by atoms with van der Waals surface area (Å²) in [6, 6.07) is 5.03. The molecule has 0 unspecified atom stereocenters. The van der Waals surface area contributed by atoms with Gasteiger partial charge in [0.05, 0.1) is 5.75 Å². The van der Waals surface area contributed by atoms with E-state index in [1.165, 1.54) is 0 Å². The lowest BCUT2D eigenvalue weighted by Crippen LogP contribution is -2.35. The Kier molecular flexibility index (Phi) is 4.72. The maximum Gasteiger partial charge on any atom is 0.235 e. The van der Waals surface area contributed by atoms with Crippen molar-refractivity contribution in [2.45, 2.75) is 25.6 Å². The zero-order chi connectivity index (χ0) is 15.5. The summed E-state index contributed by atoms with van der Waals surface area (Å²) >= 11 is 0. The highest BCUT2D eigenvalue weighted by Crippen LogP contribution is 2.34. The first kappa shape index (κ1) is 15.6. The number of ether oxygens (including phenoxy) is 2. The van der Waals surface area contributed by atoms with Gasteiger partial charge >= 0.3 is 0 Å². The highest BCUT2D eigenvalue weighted by atomic mass is 32.2. The lowest BCUT2D eigenvalue weighted by Gasteiger charge is -2.20. The minimum Gasteiger partial charge on any atom is -0.486 e. The molecule has 0 bridgehead atoms. The van der Waals surface area contributed by atoms with E-state index in [2.05, 4.69) is 5.32 Å². The molecule has 1 aromatic rings. The van der Waals surface area contributed by atoms with Crippen molar-refractivity contribution < 1.29 is 22.7 Å². The first-order chi connectivity index (χ1) is 9.87. The fourth-order valence-corrected chi connectivity index (χ4v) is 3.39. The zero-order valence-corrected chi connectivity index (χ0v) is 12.9. The Morgan fingerprint density at radius 2 is 2.00 bits per heavy atom. The van der Waals surface area contributed by atoms with Crippen molar-refractivity contribution in [3.05, 3.63) is 23.8 Å². The number of benzene rings is 1. The molecule has 0 aromatic heterocycles. The van der Waals surface area contributed by atoms with Crippen molar-refractivity contribution >= 4 is 15.7 Å². The summed E-state index contributed by atoms with van der Waals surface area (Å²) in [7, 11) is -3.56. The predicted molar refractivity (Wildman–Crippen MR) is 78.2 cm³/mol. The lowest BCUT2D eigenvalue weighted by molar-refractivity contribution is -0.119. The van der Waals surface area contributed by atoms with Crippen LogP contribution in [0.1, 0.15) is 19.4 Å². The summed E-state index contributed by atoms with van der Waals surface area (Å²) in [5, 5.41) is 2.57. The Morgan fingerprint density at radius 3 is 2.71 bits per heavy atom. The van der Waals surface area contributed by atoms with E-state index >= 15 is 0 Å². The molecule has 1 aliphatic rings. The van der Waals surface area contributed by atoms with E-state index in [9.17, 15) is 13.2 Å². The molecule has 1 amide bonds. The largest absolute Gasteiger partial charge is 0.486 e. The third-order valence-electron chi connectivity index (χ3n) is 2.82. The molecular weight excluding hydrogens is 294 g/mol. The molecule has 0 aliphatic carbocycles. The van der Waals surface area contributed by atoms with Crippen LogP contribution in [0.4, 0.5) is 0 Å². The average molecular weight is 313 g/mol. The van der Waals surface area contributed by atoms with Crippen LogP contribution in [-0.4, -0.2) is 39.3 Å². The van der Waals surface area contributed by atoms with Crippen LogP contribution in [-0.2, 0) is 20.4 Å². The Labute approximate surface area is 124 Å². The second-order valence-electron chi connectivity index (χ2n) is 5.20. The quantitative estimate of drug-likeness (QED) is 0.873. The Bertz CT molecular complexity index is 624. The standard InChI is InChI=1S/C14H19NO5S/c1-10(2)15-13(16)9-21(17,18)8-11-4-3-5-12-14(11)20-7-6-19-12/h3-5,10H,6-9H2,1-2H3,(H,15,16). The summed E-state index contributed by atoms with van der Waals surface area (Å²) in [5.74, 6) is -0.273. The molecule has 21 heavy (non-hydrogen) atoms. The third kappa shape index (κ3) is 4.35. The molecule has 0 spiro atoms. The van der Waals surface area contributed by atoms with E-state index < -0.39 is 21.5 Å². The monoisotopic (exact) mass is 313 g/mol. The smallest absolute Gasteiger partial charge is 0.235 e. The third-order valence-corrected chi connectivity index (χ3v) is 4.28. The van der Waals surface area contributed by atoms with Crippen LogP contribution in [0.25, 0.3) is 0 Å². The van der Waals surface area contributed by atoms with Crippen LogP contribution in [0.2, 0.25) is 0 Å². The lowest BCUT2D eigenvalue weighted by atomic mass is 10.2. The molecule has 7 heteroatoms. The van der Waals surface area contributed by atoms with Crippen molar-refractivity contribution in [3.8, 4) is 11.5 Å². The molecule has 0 radical (unpaired) electrons. The van der Waals surface area contributed by atoms with Crippen LogP contribution in [0.5, 0.6) is 11.5 Å². The number of para-hydroxylation sites is 1. The SMILES string of the molecule is CC(C)NC(=O)CS(=O)(=O)Cc1cccc2c1OCCO2. The average Bonchev–Trinajstić information content (AvgIpc) is 2.37. The molecule has 1 aromatic carbocycles. The summed E-state index contributed by atoms with van der Waals surface area (Å²) < 4.78 is 35.1. The summed E-state index contributed by atoms with van der Waals surface area (Å²) in [6.45, 7) is 4.39. The van der Waals surface area contributed by atoms with E-state index in [-0.39, 0.29) is 11.8 Å². The van der Waals surface area contributed by atoms with Gasteiger partial charge in [-0.1, -0.05) is 12.1 Å². The molecule has 1 heterocycles. The van der Waals surface area contributed by atoms with Crippen molar-refractivity contribution in [2.75, 3.05) is 19.0 Å². The van der Waals surface area contributed by atoms with Gasteiger partial charge in [-0.15, -0.1) is 0 Å². The number of sulfone groups is 1. The number of fused-ring (bicyclic) bond motifs is 1. The first-order valence-electron chi connectivity index (χ1n) is 6.74. The van der Waals surface area contributed by atoms with Crippen LogP contribution in [0.15, 0.2) is 18.2 Å². The molecule has 0 saturated heterocycles. The Hall–Kier alpha value is -1.76. The topological polar surface area (TPSA) is 81.7 Å². The number of hydrogen-bond donors (Lipinski definition) is 1. The number of carbonyl (C=O) groups excluding carboxylic acids is 1. The van der Waals surface area contributed by atoms with E-state index in [0.29, 0.717) is 30.3 Å². The van der Waals surface area contributed by atoms with Gasteiger partial charge in [0, 0.05) is 11.6 Å². The fraction of sp³-hybridized carbons (Fsp3) is 0.500. The molecule has 6 nitrogen and oxygen atoms in total. The van der Waals surface area contributed by atoms with E-state index in [0.717, 1.165) is 0 Å². The van der Waals surface area contributed by atoms with Gasteiger partial charge in [-0.2, -0.15) is 0 Å². The van der Waals surface area contributed by atoms with Crippen LogP contribution >= 0.6 is 0 Å². The van der Waals surface area contributed by atoms with Gasteiger partial charge in [0.2, 0.25) is 5.91 Å². The van der Waals surface area contributed by atoms with Crippen molar-refractivity contribution in [1.29, 1.82) is 0 Å². The van der Waals surface area contributed by atoms with Crippen molar-refractivity contribution in [3.63, 3.8) is 0 Å². The highest BCUT2D eigenvalue weighted by molar-refractivity contribution is 7.91. The molecule has 0 fully saturated rings. The van der Waals surface area contributed by atoms with Gasteiger partial charge in [-0.3, -0.25) is 4.79 Å². The fourth-order valence-electron chi connectivity index (χ4n) is 2.10. The number of carbonyl (C=O) groups is 1.